The summed E-state index contributed by atoms with van der Waals surface area (Å²) >= 11 is 0. The molecule has 2 amide bonds. The molecule has 0 bridgehead atoms. The van der Waals surface area contributed by atoms with Crippen molar-refractivity contribution in [3.63, 3.8) is 0 Å². The van der Waals surface area contributed by atoms with Crippen LogP contribution in [0.5, 0.6) is 0 Å². The molecule has 7 nitrogen and oxygen atoms in total. The Morgan fingerprint density at radius 1 is 1.63 bits per heavy atom. The summed E-state index contributed by atoms with van der Waals surface area (Å²) in [5, 5.41) is 16.4. The molecule has 106 valence electrons. The quantitative estimate of drug-likeness (QED) is 0.841. The lowest BCUT2D eigenvalue weighted by Gasteiger charge is -2.25. The highest BCUT2D eigenvalue weighted by atomic mass is 16.5. The van der Waals surface area contributed by atoms with Crippen molar-refractivity contribution in [1.29, 1.82) is 0 Å². The van der Waals surface area contributed by atoms with Gasteiger partial charge in [0.15, 0.2) is 5.82 Å². The van der Waals surface area contributed by atoms with E-state index in [2.05, 4.69) is 15.5 Å². The third kappa shape index (κ3) is 3.44. The van der Waals surface area contributed by atoms with Gasteiger partial charge in [0.05, 0.1) is 12.1 Å². The Morgan fingerprint density at radius 2 is 2.37 bits per heavy atom. The molecule has 1 fully saturated rings. The first-order valence-electron chi connectivity index (χ1n) is 6.40. The van der Waals surface area contributed by atoms with Gasteiger partial charge in [-0.2, -0.15) is 4.98 Å². The summed E-state index contributed by atoms with van der Waals surface area (Å²) in [5.41, 5.74) is -0.750. The standard InChI is InChI=1S/C12H20N4O3/c1-8-14-10(15-19-8)6-13-11(17)16-5-4-9(7-16)12(2,3)18/h9,18H,4-7H2,1-3H3,(H,13,17)/t9-/m0/s1. The van der Waals surface area contributed by atoms with E-state index in [1.165, 1.54) is 0 Å². The summed E-state index contributed by atoms with van der Waals surface area (Å²) in [5.74, 6) is 1.06. The van der Waals surface area contributed by atoms with Crippen LogP contribution in [0.25, 0.3) is 0 Å². The third-order valence-corrected chi connectivity index (χ3v) is 3.44. The number of nitrogens with zero attached hydrogens (tertiary/aromatic N) is 3. The minimum absolute atomic E-state index is 0.116. The molecule has 2 heterocycles. The van der Waals surface area contributed by atoms with Crippen LogP contribution in [0.1, 0.15) is 32.0 Å². The van der Waals surface area contributed by atoms with E-state index in [9.17, 15) is 9.90 Å². The van der Waals surface area contributed by atoms with Crippen LogP contribution in [0.2, 0.25) is 0 Å². The average Bonchev–Trinajstić information content (AvgIpc) is 2.93. The zero-order valence-electron chi connectivity index (χ0n) is 11.5. The number of urea groups is 1. The molecule has 0 radical (unpaired) electrons. The minimum atomic E-state index is -0.750. The number of carbonyl (C=O) groups excluding carboxylic acids is 1. The normalized spacial score (nSPS) is 19.8. The largest absolute Gasteiger partial charge is 0.390 e. The second-order valence-corrected chi connectivity index (χ2v) is 5.47. The van der Waals surface area contributed by atoms with Gasteiger partial charge in [-0.25, -0.2) is 4.79 Å². The molecule has 2 rings (SSSR count). The molecule has 0 unspecified atom stereocenters. The molecule has 1 aliphatic rings. The number of aryl methyl sites for hydroxylation is 1. The zero-order valence-corrected chi connectivity index (χ0v) is 11.5. The van der Waals surface area contributed by atoms with Crippen LogP contribution < -0.4 is 5.32 Å². The molecule has 0 saturated carbocycles. The molecule has 1 aliphatic heterocycles. The van der Waals surface area contributed by atoms with Gasteiger partial charge in [0.1, 0.15) is 0 Å². The number of nitrogens with one attached hydrogen (secondary N) is 1. The Labute approximate surface area is 112 Å². The second kappa shape index (κ2) is 5.16. The van der Waals surface area contributed by atoms with Gasteiger partial charge in [-0.05, 0) is 20.3 Å². The Morgan fingerprint density at radius 3 is 2.89 bits per heavy atom. The molecule has 0 spiro atoms. The molecule has 0 aliphatic carbocycles. The SMILES string of the molecule is Cc1nc(CNC(=O)N2CC[C@H](C(C)(C)O)C2)no1. The highest BCUT2D eigenvalue weighted by Crippen LogP contribution is 2.26. The van der Waals surface area contributed by atoms with Gasteiger partial charge >= 0.3 is 6.03 Å². The zero-order chi connectivity index (χ0) is 14.0. The number of rotatable bonds is 3. The lowest BCUT2D eigenvalue weighted by atomic mass is 9.91. The Kier molecular flexibility index (Phi) is 3.75. The van der Waals surface area contributed by atoms with Crippen LogP contribution in [-0.4, -0.2) is 44.9 Å². The van der Waals surface area contributed by atoms with Crippen molar-refractivity contribution in [1.82, 2.24) is 20.4 Å². The molecular formula is C12H20N4O3. The molecule has 19 heavy (non-hydrogen) atoms. The summed E-state index contributed by atoms with van der Waals surface area (Å²) in [6, 6.07) is -0.158. The predicted molar refractivity (Wildman–Crippen MR) is 67.2 cm³/mol. The number of likely N-dealkylation sites (tertiary alicyclic amines) is 1. The number of amides is 2. The summed E-state index contributed by atoms with van der Waals surface area (Å²) < 4.78 is 4.82. The average molecular weight is 268 g/mol. The summed E-state index contributed by atoms with van der Waals surface area (Å²) in [6.07, 6.45) is 0.818. The van der Waals surface area contributed by atoms with Crippen molar-refractivity contribution in [2.45, 2.75) is 39.3 Å². The van der Waals surface area contributed by atoms with E-state index in [0.717, 1.165) is 6.42 Å². The Bertz CT molecular complexity index is 452. The second-order valence-electron chi connectivity index (χ2n) is 5.47. The van der Waals surface area contributed by atoms with Crippen molar-refractivity contribution in [2.75, 3.05) is 13.1 Å². The maximum atomic E-state index is 11.9. The number of carbonyl (C=O) groups is 1. The summed E-state index contributed by atoms with van der Waals surface area (Å²) in [4.78, 5) is 17.7. The first-order valence-corrected chi connectivity index (χ1v) is 6.40. The van der Waals surface area contributed by atoms with E-state index in [4.69, 9.17) is 4.52 Å². The topological polar surface area (TPSA) is 91.5 Å². The number of aliphatic hydroxyl groups is 1. The maximum Gasteiger partial charge on any atom is 0.317 e. The lowest BCUT2D eigenvalue weighted by molar-refractivity contribution is 0.0225. The molecule has 7 heteroatoms. The molecule has 2 N–H and O–H groups in total. The fourth-order valence-corrected chi connectivity index (χ4v) is 2.20. The highest BCUT2D eigenvalue weighted by molar-refractivity contribution is 5.74. The fraction of sp³-hybridized carbons (Fsp3) is 0.750. The van der Waals surface area contributed by atoms with Gasteiger partial charge in [-0.15, -0.1) is 0 Å². The number of aromatic nitrogens is 2. The van der Waals surface area contributed by atoms with Gasteiger partial charge in [0.25, 0.3) is 0 Å². The van der Waals surface area contributed by atoms with Crippen LogP contribution >= 0.6 is 0 Å². The van der Waals surface area contributed by atoms with E-state index in [0.29, 0.717) is 24.8 Å². The van der Waals surface area contributed by atoms with Gasteiger partial charge in [0.2, 0.25) is 5.89 Å². The van der Waals surface area contributed by atoms with Crippen LogP contribution in [-0.2, 0) is 6.54 Å². The van der Waals surface area contributed by atoms with Crippen molar-refractivity contribution >= 4 is 6.03 Å². The fourth-order valence-electron chi connectivity index (χ4n) is 2.20. The third-order valence-electron chi connectivity index (χ3n) is 3.44. The van der Waals surface area contributed by atoms with Crippen molar-refractivity contribution in [3.05, 3.63) is 11.7 Å². The van der Waals surface area contributed by atoms with Crippen molar-refractivity contribution < 1.29 is 14.4 Å². The molecule has 1 aromatic rings. The van der Waals surface area contributed by atoms with Gasteiger partial charge in [0, 0.05) is 25.9 Å². The lowest BCUT2D eigenvalue weighted by Crippen LogP contribution is -2.40. The van der Waals surface area contributed by atoms with Crippen LogP contribution in [0, 0.1) is 12.8 Å². The van der Waals surface area contributed by atoms with Crippen molar-refractivity contribution in [2.24, 2.45) is 5.92 Å². The van der Waals surface area contributed by atoms with Gasteiger partial charge < -0.3 is 19.8 Å². The maximum absolute atomic E-state index is 11.9. The Balaban J connectivity index is 1.82. The number of hydrogen-bond donors (Lipinski definition) is 2. The van der Waals surface area contributed by atoms with Gasteiger partial charge in [-0.1, -0.05) is 5.16 Å². The Hall–Kier alpha value is -1.63. The summed E-state index contributed by atoms with van der Waals surface area (Å²) in [7, 11) is 0. The van der Waals surface area contributed by atoms with E-state index >= 15 is 0 Å². The first kappa shape index (κ1) is 13.8. The van der Waals surface area contributed by atoms with E-state index in [1.807, 2.05) is 0 Å². The molecule has 1 aromatic heterocycles. The van der Waals surface area contributed by atoms with Gasteiger partial charge in [-0.3, -0.25) is 0 Å². The van der Waals surface area contributed by atoms with E-state index in [-0.39, 0.29) is 18.5 Å². The smallest absolute Gasteiger partial charge is 0.317 e. The minimum Gasteiger partial charge on any atom is -0.390 e. The number of hydrogen-bond acceptors (Lipinski definition) is 5. The first-order chi connectivity index (χ1) is 8.86. The van der Waals surface area contributed by atoms with Crippen molar-refractivity contribution in [3.8, 4) is 0 Å². The van der Waals surface area contributed by atoms with Crippen LogP contribution in [0.3, 0.4) is 0 Å². The van der Waals surface area contributed by atoms with E-state index < -0.39 is 5.60 Å². The highest BCUT2D eigenvalue weighted by Gasteiger charge is 2.35. The summed E-state index contributed by atoms with van der Waals surface area (Å²) in [6.45, 7) is 6.74. The molecule has 1 atom stereocenters. The van der Waals surface area contributed by atoms with Crippen LogP contribution in [0.4, 0.5) is 4.79 Å². The molecular weight excluding hydrogens is 248 g/mol. The monoisotopic (exact) mass is 268 g/mol. The molecule has 1 saturated heterocycles. The van der Waals surface area contributed by atoms with E-state index in [1.54, 1.807) is 25.7 Å². The predicted octanol–water partition coefficient (Wildman–Crippen LogP) is 0.680. The molecule has 0 aromatic carbocycles. The van der Waals surface area contributed by atoms with Crippen LogP contribution in [0.15, 0.2) is 4.52 Å².